The molecule has 0 spiro atoms. The van der Waals surface area contributed by atoms with Gasteiger partial charge < -0.3 is 0 Å². The molecular formula is C21H15N. The van der Waals surface area contributed by atoms with Gasteiger partial charge in [-0.1, -0.05) is 72.8 Å². The molecule has 0 fully saturated rings. The Morgan fingerprint density at radius 1 is 0.545 bits per heavy atom. The maximum Gasteiger partial charge on any atom is 0.0780 e. The van der Waals surface area contributed by atoms with Gasteiger partial charge in [0, 0.05) is 17.3 Å². The SMILES string of the molecule is c1ccc(-c2cccnc2-c2ccc3ccccc3c2)cc1. The van der Waals surface area contributed by atoms with E-state index in [1.165, 1.54) is 21.9 Å². The minimum Gasteiger partial charge on any atom is -0.256 e. The van der Waals surface area contributed by atoms with E-state index in [0.717, 1.165) is 11.3 Å². The Balaban J connectivity index is 1.92. The second-order valence-corrected chi connectivity index (χ2v) is 5.33. The molecule has 0 unspecified atom stereocenters. The van der Waals surface area contributed by atoms with Gasteiger partial charge in [-0.2, -0.15) is 0 Å². The summed E-state index contributed by atoms with van der Waals surface area (Å²) in [7, 11) is 0. The van der Waals surface area contributed by atoms with E-state index in [0.29, 0.717) is 0 Å². The fourth-order valence-electron chi connectivity index (χ4n) is 2.82. The highest BCUT2D eigenvalue weighted by Gasteiger charge is 2.08. The Bertz CT molecular complexity index is 926. The summed E-state index contributed by atoms with van der Waals surface area (Å²) < 4.78 is 0. The van der Waals surface area contributed by atoms with E-state index in [1.54, 1.807) is 0 Å². The van der Waals surface area contributed by atoms with E-state index >= 15 is 0 Å². The van der Waals surface area contributed by atoms with Gasteiger partial charge in [-0.25, -0.2) is 0 Å². The monoisotopic (exact) mass is 281 g/mol. The third-order valence-electron chi connectivity index (χ3n) is 3.92. The van der Waals surface area contributed by atoms with Crippen molar-refractivity contribution in [3.8, 4) is 22.4 Å². The summed E-state index contributed by atoms with van der Waals surface area (Å²) in [5.74, 6) is 0. The summed E-state index contributed by atoms with van der Waals surface area (Å²) >= 11 is 0. The minimum absolute atomic E-state index is 1.03. The highest BCUT2D eigenvalue weighted by atomic mass is 14.7. The molecular weight excluding hydrogens is 266 g/mol. The molecule has 0 saturated heterocycles. The molecule has 0 N–H and O–H groups in total. The van der Waals surface area contributed by atoms with E-state index in [4.69, 9.17) is 0 Å². The van der Waals surface area contributed by atoms with Crippen molar-refractivity contribution in [1.82, 2.24) is 4.98 Å². The summed E-state index contributed by atoms with van der Waals surface area (Å²) in [5.41, 5.74) is 4.54. The smallest absolute Gasteiger partial charge is 0.0780 e. The first-order chi connectivity index (χ1) is 10.9. The van der Waals surface area contributed by atoms with E-state index in [-0.39, 0.29) is 0 Å². The summed E-state index contributed by atoms with van der Waals surface area (Å²) in [6, 6.07) is 29.5. The molecule has 104 valence electrons. The first-order valence-corrected chi connectivity index (χ1v) is 7.41. The number of hydrogen-bond acceptors (Lipinski definition) is 1. The second kappa shape index (κ2) is 5.45. The zero-order valence-corrected chi connectivity index (χ0v) is 12.1. The Morgan fingerprint density at radius 2 is 1.32 bits per heavy atom. The fraction of sp³-hybridized carbons (Fsp3) is 0. The van der Waals surface area contributed by atoms with Crippen molar-refractivity contribution >= 4 is 10.8 Å². The fourth-order valence-corrected chi connectivity index (χ4v) is 2.82. The van der Waals surface area contributed by atoms with Crippen LogP contribution in [0.2, 0.25) is 0 Å². The summed E-state index contributed by atoms with van der Waals surface area (Å²) in [6.07, 6.45) is 1.86. The lowest BCUT2D eigenvalue weighted by Crippen LogP contribution is -1.88. The van der Waals surface area contributed by atoms with Crippen LogP contribution in [0.1, 0.15) is 0 Å². The van der Waals surface area contributed by atoms with Crippen molar-refractivity contribution in [2.45, 2.75) is 0 Å². The molecule has 0 bridgehead atoms. The lowest BCUT2D eigenvalue weighted by atomic mass is 9.97. The molecule has 0 radical (unpaired) electrons. The van der Waals surface area contributed by atoms with Crippen LogP contribution in [0.4, 0.5) is 0 Å². The van der Waals surface area contributed by atoms with Crippen LogP contribution >= 0.6 is 0 Å². The number of aromatic nitrogens is 1. The van der Waals surface area contributed by atoms with Gasteiger partial charge in [0.25, 0.3) is 0 Å². The molecule has 0 saturated carbocycles. The molecule has 0 aliphatic heterocycles. The lowest BCUT2D eigenvalue weighted by molar-refractivity contribution is 1.33. The van der Waals surface area contributed by atoms with Crippen LogP contribution in [0.3, 0.4) is 0 Å². The summed E-state index contributed by atoms with van der Waals surface area (Å²) in [5, 5.41) is 2.49. The van der Waals surface area contributed by atoms with Crippen molar-refractivity contribution < 1.29 is 0 Å². The molecule has 0 aliphatic rings. The highest BCUT2D eigenvalue weighted by Crippen LogP contribution is 2.31. The Morgan fingerprint density at radius 3 is 2.18 bits per heavy atom. The largest absolute Gasteiger partial charge is 0.256 e. The molecule has 3 aromatic carbocycles. The molecule has 1 aromatic heterocycles. The first kappa shape index (κ1) is 12.8. The van der Waals surface area contributed by atoms with Crippen molar-refractivity contribution in [1.29, 1.82) is 0 Å². The molecule has 0 atom stereocenters. The maximum atomic E-state index is 4.63. The van der Waals surface area contributed by atoms with Gasteiger partial charge in [0.15, 0.2) is 0 Å². The number of hydrogen-bond donors (Lipinski definition) is 0. The zero-order valence-electron chi connectivity index (χ0n) is 12.1. The predicted octanol–water partition coefficient (Wildman–Crippen LogP) is 5.57. The molecule has 1 heterocycles. The lowest BCUT2D eigenvalue weighted by Gasteiger charge is -2.09. The van der Waals surface area contributed by atoms with E-state index in [1.807, 2.05) is 18.3 Å². The van der Waals surface area contributed by atoms with E-state index in [9.17, 15) is 0 Å². The topological polar surface area (TPSA) is 12.9 Å². The van der Waals surface area contributed by atoms with Crippen LogP contribution in [0.5, 0.6) is 0 Å². The summed E-state index contributed by atoms with van der Waals surface area (Å²) in [4.78, 5) is 4.63. The van der Waals surface area contributed by atoms with Crippen molar-refractivity contribution in [2.75, 3.05) is 0 Å². The normalized spacial score (nSPS) is 10.7. The number of nitrogens with zero attached hydrogens (tertiary/aromatic N) is 1. The van der Waals surface area contributed by atoms with Gasteiger partial charge in [0.1, 0.15) is 0 Å². The van der Waals surface area contributed by atoms with Crippen LogP contribution in [0, 0.1) is 0 Å². The van der Waals surface area contributed by atoms with Gasteiger partial charge in [-0.3, -0.25) is 4.98 Å². The summed E-state index contributed by atoms with van der Waals surface area (Å²) in [6.45, 7) is 0. The predicted molar refractivity (Wildman–Crippen MR) is 92.6 cm³/mol. The Hall–Kier alpha value is -2.93. The van der Waals surface area contributed by atoms with Gasteiger partial charge in [0.2, 0.25) is 0 Å². The average Bonchev–Trinajstić information content (AvgIpc) is 2.62. The third kappa shape index (κ3) is 2.27. The van der Waals surface area contributed by atoms with Gasteiger partial charge in [0.05, 0.1) is 5.69 Å². The highest BCUT2D eigenvalue weighted by molar-refractivity contribution is 5.89. The second-order valence-electron chi connectivity index (χ2n) is 5.33. The van der Waals surface area contributed by atoms with Crippen molar-refractivity contribution in [2.24, 2.45) is 0 Å². The van der Waals surface area contributed by atoms with Crippen LogP contribution in [0.15, 0.2) is 91.1 Å². The van der Waals surface area contributed by atoms with Crippen LogP contribution in [0.25, 0.3) is 33.2 Å². The van der Waals surface area contributed by atoms with Crippen molar-refractivity contribution in [3.63, 3.8) is 0 Å². The standard InChI is InChI=1S/C21H15N/c1-2-8-17(9-3-1)20-11-6-14-22-21(20)19-13-12-16-7-4-5-10-18(16)15-19/h1-15H. The Labute approximate surface area is 129 Å². The quantitative estimate of drug-likeness (QED) is 0.468. The van der Waals surface area contributed by atoms with Gasteiger partial charge in [-0.05, 0) is 28.5 Å². The van der Waals surface area contributed by atoms with Crippen molar-refractivity contribution in [3.05, 3.63) is 91.1 Å². The van der Waals surface area contributed by atoms with E-state index < -0.39 is 0 Å². The first-order valence-electron chi connectivity index (χ1n) is 7.41. The minimum atomic E-state index is 1.03. The number of benzene rings is 3. The molecule has 4 rings (SSSR count). The molecule has 1 nitrogen and oxygen atoms in total. The number of fused-ring (bicyclic) bond motifs is 1. The van der Waals surface area contributed by atoms with Crippen LogP contribution < -0.4 is 0 Å². The number of pyridine rings is 1. The third-order valence-corrected chi connectivity index (χ3v) is 3.92. The average molecular weight is 281 g/mol. The van der Waals surface area contributed by atoms with Gasteiger partial charge >= 0.3 is 0 Å². The number of rotatable bonds is 2. The van der Waals surface area contributed by atoms with Crippen LogP contribution in [-0.4, -0.2) is 4.98 Å². The van der Waals surface area contributed by atoms with Crippen LogP contribution in [-0.2, 0) is 0 Å². The zero-order chi connectivity index (χ0) is 14.8. The van der Waals surface area contributed by atoms with E-state index in [2.05, 4.69) is 77.8 Å². The molecule has 1 heteroatoms. The Kier molecular flexibility index (Phi) is 3.17. The maximum absolute atomic E-state index is 4.63. The molecule has 4 aromatic rings. The molecule has 22 heavy (non-hydrogen) atoms. The van der Waals surface area contributed by atoms with Gasteiger partial charge in [-0.15, -0.1) is 0 Å². The molecule has 0 aliphatic carbocycles. The molecule has 0 amide bonds.